The highest BCUT2D eigenvalue weighted by Gasteiger charge is 2.20. The van der Waals surface area contributed by atoms with Gasteiger partial charge in [0.1, 0.15) is 10.6 Å². The van der Waals surface area contributed by atoms with Crippen LogP contribution < -0.4 is 20.1 Å². The molecule has 0 radical (unpaired) electrons. The van der Waals surface area contributed by atoms with Crippen molar-refractivity contribution in [2.45, 2.75) is 18.4 Å². The molecule has 0 unspecified atom stereocenters. The molecule has 6 nitrogen and oxygen atoms in total. The van der Waals surface area contributed by atoms with Crippen LogP contribution in [0.5, 0.6) is 5.75 Å². The zero-order chi connectivity index (χ0) is 23.3. The van der Waals surface area contributed by atoms with Crippen molar-refractivity contribution in [1.29, 1.82) is 0 Å². The lowest BCUT2D eigenvalue weighted by Crippen LogP contribution is -2.22. The number of alkyl halides is 2. The first kappa shape index (κ1) is 23.9. The largest absolute Gasteiger partial charge is 0.435 e. The average Bonchev–Trinajstić information content (AvgIpc) is 2.72. The van der Waals surface area contributed by atoms with Gasteiger partial charge in [-0.1, -0.05) is 22.0 Å². The van der Waals surface area contributed by atoms with Gasteiger partial charge in [-0.2, -0.15) is 8.78 Å². The minimum Gasteiger partial charge on any atom is -0.435 e. The second kappa shape index (κ2) is 10.2. The SMILES string of the molecule is Cc1ccc(NC(=S)Nc2ccc(OC(F)F)cc2)c(S(=O)(=O)Nc2ccc(Br)cc2)c1. The van der Waals surface area contributed by atoms with Crippen LogP contribution in [-0.4, -0.2) is 20.1 Å². The number of sulfonamides is 1. The molecule has 3 aromatic rings. The average molecular weight is 542 g/mol. The highest BCUT2D eigenvalue weighted by molar-refractivity contribution is 9.10. The van der Waals surface area contributed by atoms with Crippen LogP contribution in [0.25, 0.3) is 0 Å². The molecule has 3 N–H and O–H groups in total. The summed E-state index contributed by atoms with van der Waals surface area (Å²) >= 11 is 8.60. The number of halogens is 3. The zero-order valence-electron chi connectivity index (χ0n) is 16.6. The molecule has 0 aromatic heterocycles. The lowest BCUT2D eigenvalue weighted by atomic mass is 10.2. The van der Waals surface area contributed by atoms with Crippen molar-refractivity contribution in [2.75, 3.05) is 15.4 Å². The van der Waals surface area contributed by atoms with Crippen molar-refractivity contribution < 1.29 is 21.9 Å². The normalized spacial score (nSPS) is 11.2. The van der Waals surface area contributed by atoms with Gasteiger partial charge in [0.15, 0.2) is 5.11 Å². The maximum Gasteiger partial charge on any atom is 0.387 e. The van der Waals surface area contributed by atoms with Gasteiger partial charge in [-0.3, -0.25) is 4.72 Å². The second-order valence-corrected chi connectivity index (χ2v) is 9.57. The summed E-state index contributed by atoms with van der Waals surface area (Å²) in [6.45, 7) is -1.13. The lowest BCUT2D eigenvalue weighted by Gasteiger charge is -2.16. The van der Waals surface area contributed by atoms with E-state index >= 15 is 0 Å². The van der Waals surface area contributed by atoms with Crippen LogP contribution in [0, 0.1) is 6.92 Å². The van der Waals surface area contributed by atoms with Crippen LogP contribution in [0.1, 0.15) is 5.56 Å². The van der Waals surface area contributed by atoms with Crippen LogP contribution in [0.2, 0.25) is 0 Å². The first-order valence-corrected chi connectivity index (χ1v) is 11.8. The third-order valence-corrected chi connectivity index (χ3v) is 6.26. The van der Waals surface area contributed by atoms with Crippen LogP contribution in [0.4, 0.5) is 25.8 Å². The van der Waals surface area contributed by atoms with Gasteiger partial charge in [0, 0.05) is 15.8 Å². The molecular weight excluding hydrogens is 524 g/mol. The summed E-state index contributed by atoms with van der Waals surface area (Å²) in [5.41, 5.74) is 1.94. The number of thiocarbonyl (C=S) groups is 1. The van der Waals surface area contributed by atoms with E-state index in [-0.39, 0.29) is 21.4 Å². The minimum atomic E-state index is -3.92. The van der Waals surface area contributed by atoms with Gasteiger partial charge >= 0.3 is 6.61 Å². The molecule has 0 spiro atoms. The van der Waals surface area contributed by atoms with Crippen LogP contribution in [-0.2, 0) is 10.0 Å². The predicted octanol–water partition coefficient (Wildman–Crippen LogP) is 5.97. The summed E-state index contributed by atoms with van der Waals surface area (Å²) in [4.78, 5) is 0.0188. The Bertz CT molecular complexity index is 1210. The number of aryl methyl sites for hydroxylation is 1. The number of hydrogen-bond donors (Lipinski definition) is 3. The van der Waals surface area contributed by atoms with E-state index < -0.39 is 16.6 Å². The van der Waals surface area contributed by atoms with E-state index in [0.717, 1.165) is 10.0 Å². The molecule has 11 heteroatoms. The van der Waals surface area contributed by atoms with Gasteiger partial charge in [0.25, 0.3) is 10.0 Å². The predicted molar refractivity (Wildman–Crippen MR) is 129 cm³/mol. The van der Waals surface area contributed by atoms with Gasteiger partial charge in [-0.25, -0.2) is 8.42 Å². The molecule has 0 fully saturated rings. The molecule has 0 aliphatic carbocycles. The second-order valence-electron chi connectivity index (χ2n) is 6.59. The molecule has 3 rings (SSSR count). The van der Waals surface area contributed by atoms with Crippen molar-refractivity contribution in [3.05, 3.63) is 76.8 Å². The Kier molecular flexibility index (Phi) is 7.64. The maximum absolute atomic E-state index is 13.0. The van der Waals surface area contributed by atoms with Gasteiger partial charge in [-0.15, -0.1) is 0 Å². The number of ether oxygens (including phenoxy) is 1. The van der Waals surface area contributed by atoms with E-state index in [4.69, 9.17) is 12.2 Å². The molecule has 0 saturated heterocycles. The van der Waals surface area contributed by atoms with E-state index in [1.165, 1.54) is 30.3 Å². The summed E-state index contributed by atoms with van der Waals surface area (Å²) < 4.78 is 58.3. The number of anilines is 3. The molecule has 0 bridgehead atoms. The Hall–Kier alpha value is -2.76. The molecule has 0 saturated carbocycles. The van der Waals surface area contributed by atoms with E-state index in [9.17, 15) is 17.2 Å². The van der Waals surface area contributed by atoms with Gasteiger partial charge in [0.2, 0.25) is 0 Å². The lowest BCUT2D eigenvalue weighted by molar-refractivity contribution is -0.0498. The number of nitrogens with one attached hydrogen (secondary N) is 3. The van der Waals surface area contributed by atoms with Crippen molar-refractivity contribution in [3.63, 3.8) is 0 Å². The molecule has 0 aliphatic rings. The highest BCUT2D eigenvalue weighted by atomic mass is 79.9. The fourth-order valence-corrected chi connectivity index (χ4v) is 4.49. The molecule has 0 heterocycles. The fraction of sp³-hybridized carbons (Fsp3) is 0.0952. The number of benzene rings is 3. The van der Waals surface area contributed by atoms with E-state index in [1.54, 1.807) is 43.3 Å². The van der Waals surface area contributed by atoms with E-state index in [0.29, 0.717) is 11.4 Å². The van der Waals surface area contributed by atoms with E-state index in [1.807, 2.05) is 0 Å². The Labute approximate surface area is 198 Å². The smallest absolute Gasteiger partial charge is 0.387 e. The van der Waals surface area contributed by atoms with Crippen LogP contribution >= 0.6 is 28.1 Å². The Morgan fingerprint density at radius 2 is 1.59 bits per heavy atom. The molecule has 0 aliphatic heterocycles. The summed E-state index contributed by atoms with van der Waals surface area (Å²) in [5, 5.41) is 5.88. The third-order valence-electron chi connectivity index (χ3n) is 4.11. The standard InChI is InChI=1S/C21H18BrF2N3O3S2/c1-13-2-11-18(19(12-13)32(28,29)27-16-5-3-14(22)4-6-16)26-21(31)25-15-7-9-17(10-8-15)30-20(23)24/h2-12,20,27H,1H3,(H2,25,26,31). The molecule has 168 valence electrons. The molecular formula is C21H18BrF2N3O3S2. The first-order valence-electron chi connectivity index (χ1n) is 9.14. The molecule has 0 amide bonds. The molecule has 0 atom stereocenters. The van der Waals surface area contributed by atoms with Crippen LogP contribution in [0.15, 0.2) is 76.1 Å². The molecule has 3 aromatic carbocycles. The van der Waals surface area contributed by atoms with Crippen molar-refractivity contribution >= 4 is 60.3 Å². The monoisotopic (exact) mass is 541 g/mol. The summed E-state index contributed by atoms with van der Waals surface area (Å²) in [5.74, 6) is 0.00959. The molecule has 32 heavy (non-hydrogen) atoms. The Morgan fingerprint density at radius 1 is 0.969 bits per heavy atom. The Morgan fingerprint density at radius 3 is 2.22 bits per heavy atom. The summed E-state index contributed by atoms with van der Waals surface area (Å²) in [6.07, 6.45) is 0. The fourth-order valence-electron chi connectivity index (χ4n) is 2.69. The van der Waals surface area contributed by atoms with Crippen molar-refractivity contribution in [2.24, 2.45) is 0 Å². The highest BCUT2D eigenvalue weighted by Crippen LogP contribution is 2.26. The zero-order valence-corrected chi connectivity index (χ0v) is 19.8. The van der Waals surface area contributed by atoms with Gasteiger partial charge in [-0.05, 0) is 85.4 Å². The van der Waals surface area contributed by atoms with Crippen LogP contribution in [0.3, 0.4) is 0 Å². The van der Waals surface area contributed by atoms with Crippen molar-refractivity contribution in [1.82, 2.24) is 0 Å². The van der Waals surface area contributed by atoms with Gasteiger partial charge < -0.3 is 15.4 Å². The number of hydrogen-bond acceptors (Lipinski definition) is 4. The third kappa shape index (κ3) is 6.62. The Balaban J connectivity index is 1.77. The van der Waals surface area contributed by atoms with Gasteiger partial charge in [0.05, 0.1) is 5.69 Å². The summed E-state index contributed by atoms with van der Waals surface area (Å²) in [7, 11) is -3.92. The minimum absolute atomic E-state index is 0.00959. The van der Waals surface area contributed by atoms with Crippen molar-refractivity contribution in [3.8, 4) is 5.75 Å². The summed E-state index contributed by atoms with van der Waals surface area (Å²) in [6, 6.07) is 17.4. The maximum atomic E-state index is 13.0. The topological polar surface area (TPSA) is 79.5 Å². The number of rotatable bonds is 7. The van der Waals surface area contributed by atoms with E-state index in [2.05, 4.69) is 36.0 Å². The first-order chi connectivity index (χ1) is 15.1. The quantitative estimate of drug-likeness (QED) is 0.320.